The highest BCUT2D eigenvalue weighted by atomic mass is 32.1. The third kappa shape index (κ3) is 3.28. The summed E-state index contributed by atoms with van der Waals surface area (Å²) in [4.78, 5) is 21.1. The van der Waals surface area contributed by atoms with Crippen LogP contribution in [0, 0.1) is 10.1 Å². The van der Waals surface area contributed by atoms with E-state index in [1.807, 2.05) is 0 Å². The zero-order valence-corrected chi connectivity index (χ0v) is 9.40. The number of hydrogen-bond acceptors (Lipinski definition) is 6. The third-order valence-corrected chi connectivity index (χ3v) is 2.95. The van der Waals surface area contributed by atoms with Crippen LogP contribution >= 0.6 is 11.3 Å². The van der Waals surface area contributed by atoms with Crippen LogP contribution in [0.3, 0.4) is 0 Å². The molecule has 1 atom stereocenters. The monoisotopic (exact) mass is 245 g/mol. The van der Waals surface area contributed by atoms with Crippen LogP contribution in [0.4, 0.5) is 5.00 Å². The molecule has 88 valence electrons. The first kappa shape index (κ1) is 12.6. The van der Waals surface area contributed by atoms with Gasteiger partial charge in [0.15, 0.2) is 0 Å². The molecule has 1 heterocycles. The maximum absolute atomic E-state index is 10.8. The van der Waals surface area contributed by atoms with Crippen LogP contribution in [0.25, 0.3) is 0 Å². The Labute approximate surface area is 95.6 Å². The second-order valence-electron chi connectivity index (χ2n) is 2.99. The molecule has 0 amide bonds. The minimum Gasteiger partial charge on any atom is -0.463 e. The van der Waals surface area contributed by atoms with Crippen molar-refractivity contribution in [2.75, 3.05) is 6.61 Å². The van der Waals surface area contributed by atoms with Gasteiger partial charge in [-0.3, -0.25) is 14.9 Å². The van der Waals surface area contributed by atoms with Crippen LogP contribution in [-0.4, -0.2) is 22.6 Å². The highest BCUT2D eigenvalue weighted by Gasteiger charge is 2.16. The average Bonchev–Trinajstić information content (AvgIpc) is 2.74. The lowest BCUT2D eigenvalue weighted by molar-refractivity contribution is -0.380. The van der Waals surface area contributed by atoms with Gasteiger partial charge in [0.1, 0.15) is 12.7 Å². The second-order valence-corrected chi connectivity index (χ2v) is 4.08. The van der Waals surface area contributed by atoms with Gasteiger partial charge in [-0.25, -0.2) is 0 Å². The summed E-state index contributed by atoms with van der Waals surface area (Å²) in [5.74, 6) is -0.412. The van der Waals surface area contributed by atoms with Gasteiger partial charge in [-0.15, -0.1) is 0 Å². The Kier molecular flexibility index (Phi) is 4.39. The van der Waals surface area contributed by atoms with E-state index in [1.165, 1.54) is 12.1 Å². The van der Waals surface area contributed by atoms with E-state index < -0.39 is 17.0 Å². The molecule has 0 aromatic carbocycles. The summed E-state index contributed by atoms with van der Waals surface area (Å²) in [6.45, 7) is 1.47. The third-order valence-electron chi connectivity index (χ3n) is 1.81. The Morgan fingerprint density at radius 3 is 2.88 bits per heavy atom. The van der Waals surface area contributed by atoms with Crippen molar-refractivity contribution >= 4 is 22.3 Å². The van der Waals surface area contributed by atoms with Gasteiger partial charge in [0, 0.05) is 17.4 Å². The van der Waals surface area contributed by atoms with Crippen molar-refractivity contribution in [3.05, 3.63) is 27.1 Å². The van der Waals surface area contributed by atoms with Crippen LogP contribution in [0.15, 0.2) is 12.1 Å². The molecule has 7 heteroatoms. The molecule has 0 bridgehead atoms. The zero-order valence-electron chi connectivity index (χ0n) is 8.58. The summed E-state index contributed by atoms with van der Waals surface area (Å²) in [7, 11) is 0. The molecule has 0 radical (unpaired) electrons. The Morgan fingerprint density at radius 2 is 2.38 bits per heavy atom. The standard InChI is InChI=1S/C9H11NO5S/c1-2-9(12)15-5-6(11)7-3-4-8(16-7)10(13)14/h3-4,6,11H,2,5H2,1H3. The van der Waals surface area contributed by atoms with Crippen molar-refractivity contribution < 1.29 is 19.6 Å². The quantitative estimate of drug-likeness (QED) is 0.484. The largest absolute Gasteiger partial charge is 0.463 e. The fourth-order valence-corrected chi connectivity index (χ4v) is 1.77. The molecule has 1 aromatic heterocycles. The number of nitrogens with zero attached hydrogens (tertiary/aromatic N) is 1. The van der Waals surface area contributed by atoms with Crippen molar-refractivity contribution in [2.45, 2.75) is 19.4 Å². The predicted molar refractivity (Wildman–Crippen MR) is 57.2 cm³/mol. The summed E-state index contributed by atoms with van der Waals surface area (Å²) in [6.07, 6.45) is -0.772. The molecule has 0 saturated carbocycles. The minimum absolute atomic E-state index is 0.0455. The molecule has 0 spiro atoms. The Hall–Kier alpha value is -1.47. The maximum Gasteiger partial charge on any atom is 0.324 e. The van der Waals surface area contributed by atoms with Crippen LogP contribution in [0.2, 0.25) is 0 Å². The minimum atomic E-state index is -1.01. The number of hydrogen-bond donors (Lipinski definition) is 1. The smallest absolute Gasteiger partial charge is 0.324 e. The SMILES string of the molecule is CCC(=O)OCC(O)c1ccc([N+](=O)[O-])s1. The first-order chi connectivity index (χ1) is 7.54. The lowest BCUT2D eigenvalue weighted by atomic mass is 10.3. The van der Waals surface area contributed by atoms with Gasteiger partial charge in [0.05, 0.1) is 4.92 Å². The number of aliphatic hydroxyl groups excluding tert-OH is 1. The zero-order chi connectivity index (χ0) is 12.1. The number of rotatable bonds is 5. The van der Waals surface area contributed by atoms with Gasteiger partial charge < -0.3 is 9.84 Å². The summed E-state index contributed by atoms with van der Waals surface area (Å²) >= 11 is 0.868. The van der Waals surface area contributed by atoms with E-state index >= 15 is 0 Å². The van der Waals surface area contributed by atoms with Gasteiger partial charge in [-0.1, -0.05) is 18.3 Å². The number of thiophene rings is 1. The lowest BCUT2D eigenvalue weighted by Gasteiger charge is -2.08. The van der Waals surface area contributed by atoms with E-state index in [0.29, 0.717) is 4.88 Å². The second kappa shape index (κ2) is 5.57. The van der Waals surface area contributed by atoms with E-state index in [-0.39, 0.29) is 18.0 Å². The van der Waals surface area contributed by atoms with Gasteiger partial charge in [-0.2, -0.15) is 0 Å². The van der Waals surface area contributed by atoms with Crippen molar-refractivity contribution in [1.82, 2.24) is 0 Å². The van der Waals surface area contributed by atoms with E-state index in [9.17, 15) is 20.0 Å². The average molecular weight is 245 g/mol. The Balaban J connectivity index is 2.55. The summed E-state index contributed by atoms with van der Waals surface area (Å²) < 4.78 is 4.72. The molecule has 1 unspecified atom stereocenters. The fraction of sp³-hybridized carbons (Fsp3) is 0.444. The number of ether oxygens (including phenoxy) is 1. The molecule has 0 saturated heterocycles. The molecule has 0 aliphatic carbocycles. The molecule has 0 aliphatic heterocycles. The van der Waals surface area contributed by atoms with Crippen LogP contribution in [0.5, 0.6) is 0 Å². The number of esters is 1. The molecule has 1 N–H and O–H groups in total. The fourth-order valence-electron chi connectivity index (χ4n) is 0.976. The van der Waals surface area contributed by atoms with Crippen LogP contribution < -0.4 is 0 Å². The Morgan fingerprint density at radius 1 is 1.69 bits per heavy atom. The Bertz CT molecular complexity index is 389. The van der Waals surface area contributed by atoms with Crippen LogP contribution in [0.1, 0.15) is 24.3 Å². The lowest BCUT2D eigenvalue weighted by Crippen LogP contribution is -2.10. The van der Waals surface area contributed by atoms with Crippen LogP contribution in [-0.2, 0) is 9.53 Å². The summed E-state index contributed by atoms with van der Waals surface area (Å²) in [5.41, 5.74) is 0. The van der Waals surface area contributed by atoms with Crippen molar-refractivity contribution in [2.24, 2.45) is 0 Å². The predicted octanol–water partition coefficient (Wildman–Crippen LogP) is 1.64. The van der Waals surface area contributed by atoms with E-state index in [1.54, 1.807) is 6.92 Å². The van der Waals surface area contributed by atoms with Gasteiger partial charge in [-0.05, 0) is 6.07 Å². The van der Waals surface area contributed by atoms with Crippen molar-refractivity contribution in [3.63, 3.8) is 0 Å². The van der Waals surface area contributed by atoms with Gasteiger partial charge >= 0.3 is 11.0 Å². The van der Waals surface area contributed by atoms with Crippen molar-refractivity contribution in [3.8, 4) is 0 Å². The number of aliphatic hydroxyl groups is 1. The molecule has 16 heavy (non-hydrogen) atoms. The highest BCUT2D eigenvalue weighted by Crippen LogP contribution is 2.28. The van der Waals surface area contributed by atoms with E-state index in [4.69, 9.17) is 4.74 Å². The summed E-state index contributed by atoms with van der Waals surface area (Å²) in [5, 5.41) is 19.9. The summed E-state index contributed by atoms with van der Waals surface area (Å²) in [6, 6.07) is 2.76. The van der Waals surface area contributed by atoms with Crippen molar-refractivity contribution in [1.29, 1.82) is 0 Å². The number of nitro groups is 1. The number of carbonyl (C=O) groups is 1. The molecular weight excluding hydrogens is 234 g/mol. The maximum atomic E-state index is 10.8. The first-order valence-corrected chi connectivity index (χ1v) is 5.44. The molecule has 1 rings (SSSR count). The molecule has 1 aromatic rings. The topological polar surface area (TPSA) is 89.7 Å². The molecule has 6 nitrogen and oxygen atoms in total. The van der Waals surface area contributed by atoms with Gasteiger partial charge in [0.25, 0.3) is 0 Å². The molecule has 0 aliphatic rings. The van der Waals surface area contributed by atoms with Gasteiger partial charge in [0.2, 0.25) is 0 Å². The highest BCUT2D eigenvalue weighted by molar-refractivity contribution is 7.15. The number of carbonyl (C=O) groups excluding carboxylic acids is 1. The van der Waals surface area contributed by atoms with E-state index in [2.05, 4.69) is 0 Å². The molecule has 0 fully saturated rings. The molecular formula is C9H11NO5S. The normalized spacial score (nSPS) is 12.1. The first-order valence-electron chi connectivity index (χ1n) is 4.62. The van der Waals surface area contributed by atoms with E-state index in [0.717, 1.165) is 11.3 Å².